The first kappa shape index (κ1) is 15.1. The van der Waals surface area contributed by atoms with Gasteiger partial charge in [-0.3, -0.25) is 14.0 Å². The molecule has 3 saturated heterocycles. The highest BCUT2D eigenvalue weighted by Crippen LogP contribution is 2.29. The number of aryl methyl sites for hydroxylation is 1. The van der Waals surface area contributed by atoms with Gasteiger partial charge >= 0.3 is 0 Å². The molecule has 2 aromatic rings. The van der Waals surface area contributed by atoms with E-state index < -0.39 is 11.9 Å². The van der Waals surface area contributed by atoms with Crippen molar-refractivity contribution in [3.05, 3.63) is 35.5 Å². The lowest BCUT2D eigenvalue weighted by molar-refractivity contribution is -0.138. The second-order valence-corrected chi connectivity index (χ2v) is 6.72. The van der Waals surface area contributed by atoms with E-state index in [0.717, 1.165) is 18.4 Å². The molecule has 0 aromatic carbocycles. The molecule has 0 spiro atoms. The standard InChI is InChI=1S/C17H19FN4O2/c1-10-4-3-7-22-14(18)13(19-15(10)22)17(24)21-8-11-5-6-12(9-21)20(2)16(11)23/h3-4,7,11-12H,5-6,8-9H2,1-2H3. The predicted octanol–water partition coefficient (Wildman–Crippen LogP) is 1.47. The van der Waals surface area contributed by atoms with E-state index in [0.29, 0.717) is 18.7 Å². The fourth-order valence-electron chi connectivity index (χ4n) is 3.78. The third-order valence-electron chi connectivity index (χ3n) is 5.24. The molecule has 2 bridgehead atoms. The van der Waals surface area contributed by atoms with Gasteiger partial charge in [0.05, 0.1) is 5.92 Å². The largest absolute Gasteiger partial charge is 0.341 e. The average molecular weight is 330 g/mol. The van der Waals surface area contributed by atoms with Gasteiger partial charge in [0.15, 0.2) is 5.69 Å². The van der Waals surface area contributed by atoms with Gasteiger partial charge in [0.25, 0.3) is 5.91 Å². The molecule has 0 saturated carbocycles. The lowest BCUT2D eigenvalue weighted by atomic mass is 9.95. The number of amides is 2. The summed E-state index contributed by atoms with van der Waals surface area (Å²) in [6.45, 7) is 2.60. The van der Waals surface area contributed by atoms with Gasteiger partial charge in [-0.25, -0.2) is 4.98 Å². The Balaban J connectivity index is 1.71. The van der Waals surface area contributed by atoms with Crippen LogP contribution in [0.4, 0.5) is 4.39 Å². The summed E-state index contributed by atoms with van der Waals surface area (Å²) in [6, 6.07) is 3.55. The Hall–Kier alpha value is -2.44. The normalized spacial score (nSPS) is 23.9. The molecule has 5 rings (SSSR count). The number of halogens is 1. The smallest absolute Gasteiger partial charge is 0.277 e. The summed E-state index contributed by atoms with van der Waals surface area (Å²) in [5.74, 6) is -1.20. The Bertz CT molecular complexity index is 846. The van der Waals surface area contributed by atoms with E-state index in [9.17, 15) is 14.0 Å². The highest BCUT2D eigenvalue weighted by molar-refractivity contribution is 5.94. The van der Waals surface area contributed by atoms with Crippen LogP contribution in [-0.2, 0) is 4.79 Å². The molecule has 3 fully saturated rings. The Labute approximate surface area is 138 Å². The van der Waals surface area contributed by atoms with Crippen molar-refractivity contribution in [1.82, 2.24) is 19.2 Å². The SMILES string of the molecule is Cc1cccn2c(F)c(C(=O)N3CC4CCC(C3)N(C)C4=O)nc12. The third kappa shape index (κ3) is 2.11. The topological polar surface area (TPSA) is 57.9 Å². The van der Waals surface area contributed by atoms with Crippen LogP contribution >= 0.6 is 0 Å². The van der Waals surface area contributed by atoms with Crippen LogP contribution < -0.4 is 0 Å². The van der Waals surface area contributed by atoms with Crippen molar-refractivity contribution in [1.29, 1.82) is 0 Å². The molecule has 3 aliphatic rings. The van der Waals surface area contributed by atoms with E-state index in [4.69, 9.17) is 0 Å². The van der Waals surface area contributed by atoms with E-state index in [1.807, 2.05) is 13.0 Å². The van der Waals surface area contributed by atoms with E-state index in [2.05, 4.69) is 4.98 Å². The van der Waals surface area contributed by atoms with Gasteiger partial charge in [0.2, 0.25) is 11.9 Å². The number of hydrogen-bond acceptors (Lipinski definition) is 3. The zero-order valence-corrected chi connectivity index (χ0v) is 13.7. The lowest BCUT2D eigenvalue weighted by Gasteiger charge is -2.32. The molecular weight excluding hydrogens is 311 g/mol. The number of fused-ring (bicyclic) bond motifs is 5. The number of piperidine rings is 1. The molecule has 2 aromatic heterocycles. The first-order valence-electron chi connectivity index (χ1n) is 8.16. The van der Waals surface area contributed by atoms with Crippen LogP contribution in [0, 0.1) is 18.8 Å². The van der Waals surface area contributed by atoms with Crippen LogP contribution in [0.2, 0.25) is 0 Å². The summed E-state index contributed by atoms with van der Waals surface area (Å²) >= 11 is 0. The quantitative estimate of drug-likeness (QED) is 0.796. The Morgan fingerprint density at radius 1 is 1.33 bits per heavy atom. The number of pyridine rings is 1. The van der Waals surface area contributed by atoms with Crippen LogP contribution in [0.5, 0.6) is 0 Å². The molecule has 0 radical (unpaired) electrons. The molecule has 24 heavy (non-hydrogen) atoms. The second kappa shape index (κ2) is 5.29. The molecular formula is C17H19FN4O2. The van der Waals surface area contributed by atoms with Crippen molar-refractivity contribution >= 4 is 17.5 Å². The fourth-order valence-corrected chi connectivity index (χ4v) is 3.78. The fraction of sp³-hybridized carbons (Fsp3) is 0.471. The zero-order valence-electron chi connectivity index (χ0n) is 13.7. The number of likely N-dealkylation sites (N-methyl/N-ethyl adjacent to an activating group) is 1. The lowest BCUT2D eigenvalue weighted by Crippen LogP contribution is -2.45. The maximum atomic E-state index is 14.7. The summed E-state index contributed by atoms with van der Waals surface area (Å²) in [5.41, 5.74) is 1.09. The molecule has 2 atom stereocenters. The highest BCUT2D eigenvalue weighted by Gasteiger charge is 2.41. The van der Waals surface area contributed by atoms with Crippen molar-refractivity contribution in [2.24, 2.45) is 5.92 Å². The van der Waals surface area contributed by atoms with Gasteiger partial charge in [-0.1, -0.05) is 6.07 Å². The second-order valence-electron chi connectivity index (χ2n) is 6.72. The van der Waals surface area contributed by atoms with E-state index in [1.165, 1.54) is 4.40 Å². The van der Waals surface area contributed by atoms with Crippen LogP contribution in [-0.4, -0.2) is 57.2 Å². The summed E-state index contributed by atoms with van der Waals surface area (Å²) in [7, 11) is 1.78. The van der Waals surface area contributed by atoms with Gasteiger partial charge in [-0.05, 0) is 31.4 Å². The average Bonchev–Trinajstić information content (AvgIpc) is 2.73. The van der Waals surface area contributed by atoms with Crippen molar-refractivity contribution in [3.8, 4) is 0 Å². The van der Waals surface area contributed by atoms with Crippen LogP contribution in [0.15, 0.2) is 18.3 Å². The maximum absolute atomic E-state index is 14.7. The number of hydrogen-bond donors (Lipinski definition) is 0. The Kier molecular flexibility index (Phi) is 3.33. The minimum atomic E-state index is -0.644. The predicted molar refractivity (Wildman–Crippen MR) is 85.1 cm³/mol. The van der Waals surface area contributed by atoms with E-state index >= 15 is 0 Å². The first-order chi connectivity index (χ1) is 11.5. The van der Waals surface area contributed by atoms with Crippen molar-refractivity contribution in [2.45, 2.75) is 25.8 Å². The molecule has 126 valence electrons. The highest BCUT2D eigenvalue weighted by atomic mass is 19.1. The molecule has 0 aliphatic carbocycles. The van der Waals surface area contributed by atoms with Gasteiger partial charge < -0.3 is 9.80 Å². The zero-order chi connectivity index (χ0) is 17.0. The summed E-state index contributed by atoms with van der Waals surface area (Å²) in [5, 5.41) is 0. The number of imidazole rings is 1. The van der Waals surface area contributed by atoms with Gasteiger partial charge in [0.1, 0.15) is 5.65 Å². The van der Waals surface area contributed by atoms with E-state index in [-0.39, 0.29) is 23.6 Å². The molecule has 7 heteroatoms. The first-order valence-corrected chi connectivity index (χ1v) is 8.16. The molecule has 0 N–H and O–H groups in total. The number of carbonyl (C=O) groups is 2. The molecule has 6 nitrogen and oxygen atoms in total. The van der Waals surface area contributed by atoms with Crippen LogP contribution in [0.3, 0.4) is 0 Å². The Morgan fingerprint density at radius 3 is 2.88 bits per heavy atom. The van der Waals surface area contributed by atoms with Gasteiger partial charge in [-0.15, -0.1) is 0 Å². The number of nitrogens with zero attached hydrogens (tertiary/aromatic N) is 4. The number of aromatic nitrogens is 2. The minimum Gasteiger partial charge on any atom is -0.341 e. The molecule has 3 aliphatic heterocycles. The van der Waals surface area contributed by atoms with E-state index in [1.54, 1.807) is 29.1 Å². The monoisotopic (exact) mass is 330 g/mol. The number of carbonyl (C=O) groups excluding carboxylic acids is 2. The Morgan fingerprint density at radius 2 is 2.12 bits per heavy atom. The molecule has 2 amide bonds. The van der Waals surface area contributed by atoms with Crippen molar-refractivity contribution in [2.75, 3.05) is 20.1 Å². The minimum absolute atomic E-state index is 0.00188. The van der Waals surface area contributed by atoms with Gasteiger partial charge in [0, 0.05) is 32.4 Å². The van der Waals surface area contributed by atoms with Crippen LogP contribution in [0.25, 0.3) is 5.65 Å². The summed E-state index contributed by atoms with van der Waals surface area (Å²) in [4.78, 5) is 32.7. The van der Waals surface area contributed by atoms with Crippen molar-refractivity contribution < 1.29 is 14.0 Å². The summed E-state index contributed by atoms with van der Waals surface area (Å²) in [6.07, 6.45) is 3.22. The molecule has 2 unspecified atom stereocenters. The third-order valence-corrected chi connectivity index (χ3v) is 5.24. The van der Waals surface area contributed by atoms with Crippen molar-refractivity contribution in [3.63, 3.8) is 0 Å². The number of rotatable bonds is 1. The molecule has 5 heterocycles. The van der Waals surface area contributed by atoms with Gasteiger partial charge in [-0.2, -0.15) is 4.39 Å². The summed E-state index contributed by atoms with van der Waals surface area (Å²) < 4.78 is 16.0. The maximum Gasteiger partial charge on any atom is 0.277 e. The van der Waals surface area contributed by atoms with Crippen LogP contribution in [0.1, 0.15) is 28.9 Å².